The minimum atomic E-state index is -0.155. The molecule has 0 N–H and O–H groups in total. The fraction of sp³-hybridized carbons (Fsp3) is 0.923. The van der Waals surface area contributed by atoms with Gasteiger partial charge in [-0.1, -0.05) is 20.3 Å². The number of likely N-dealkylation sites (tertiary alicyclic amines) is 1. The van der Waals surface area contributed by atoms with Crippen molar-refractivity contribution in [2.45, 2.75) is 51.2 Å². The molecular weight excluding hydrogens is 202 g/mol. The number of carbonyl (C=O) groups excluding carboxylic acids is 1. The standard InChI is InChI=1S/C13H23NO2/c1-4-5-12-10(2)11(15)8-13(16-12)6-7-14(3)9-13/h10,12H,4-9H2,1-3H3. The van der Waals surface area contributed by atoms with Crippen LogP contribution in [0.25, 0.3) is 0 Å². The van der Waals surface area contributed by atoms with E-state index in [1.807, 2.05) is 6.92 Å². The maximum absolute atomic E-state index is 12.0. The highest BCUT2D eigenvalue weighted by atomic mass is 16.5. The highest BCUT2D eigenvalue weighted by molar-refractivity contribution is 5.83. The van der Waals surface area contributed by atoms with Crippen LogP contribution in [0, 0.1) is 5.92 Å². The molecule has 3 nitrogen and oxygen atoms in total. The van der Waals surface area contributed by atoms with Crippen LogP contribution in [-0.4, -0.2) is 42.5 Å². The molecule has 2 rings (SSSR count). The number of hydrogen-bond donors (Lipinski definition) is 0. The normalized spacial score (nSPS) is 40.8. The Bertz CT molecular complexity index is 279. The van der Waals surface area contributed by atoms with Crippen LogP contribution in [0.15, 0.2) is 0 Å². The number of nitrogens with zero attached hydrogens (tertiary/aromatic N) is 1. The van der Waals surface area contributed by atoms with E-state index in [-0.39, 0.29) is 17.6 Å². The van der Waals surface area contributed by atoms with E-state index >= 15 is 0 Å². The number of ketones is 1. The Hall–Kier alpha value is -0.410. The van der Waals surface area contributed by atoms with Crippen LogP contribution in [0.1, 0.15) is 39.5 Å². The Labute approximate surface area is 98.1 Å². The molecule has 0 aromatic carbocycles. The van der Waals surface area contributed by atoms with E-state index in [2.05, 4.69) is 18.9 Å². The molecule has 2 aliphatic rings. The van der Waals surface area contributed by atoms with Gasteiger partial charge >= 0.3 is 0 Å². The Morgan fingerprint density at radius 1 is 1.56 bits per heavy atom. The first-order chi connectivity index (χ1) is 7.56. The van der Waals surface area contributed by atoms with Crippen LogP contribution in [0.2, 0.25) is 0 Å². The number of hydrogen-bond acceptors (Lipinski definition) is 3. The van der Waals surface area contributed by atoms with Gasteiger partial charge in [-0.3, -0.25) is 4.79 Å². The Balaban J connectivity index is 2.10. The van der Waals surface area contributed by atoms with E-state index in [0.717, 1.165) is 32.4 Å². The van der Waals surface area contributed by atoms with Gasteiger partial charge in [-0.2, -0.15) is 0 Å². The fourth-order valence-corrected chi connectivity index (χ4v) is 3.03. The summed E-state index contributed by atoms with van der Waals surface area (Å²) in [5.74, 6) is 0.497. The molecule has 0 bridgehead atoms. The highest BCUT2D eigenvalue weighted by Gasteiger charge is 2.47. The second kappa shape index (κ2) is 4.46. The van der Waals surface area contributed by atoms with Gasteiger partial charge in [0.05, 0.1) is 11.7 Å². The predicted octanol–water partition coefficient (Wildman–Crippen LogP) is 1.85. The minimum absolute atomic E-state index is 0.0940. The molecule has 0 aliphatic carbocycles. The average molecular weight is 225 g/mol. The molecule has 3 unspecified atom stereocenters. The lowest BCUT2D eigenvalue weighted by Gasteiger charge is -2.41. The van der Waals surface area contributed by atoms with Crippen LogP contribution in [0.4, 0.5) is 0 Å². The number of likely N-dealkylation sites (N-methyl/N-ethyl adjacent to an activating group) is 1. The Morgan fingerprint density at radius 2 is 2.31 bits per heavy atom. The molecule has 0 saturated carbocycles. The maximum Gasteiger partial charge on any atom is 0.141 e. The number of ether oxygens (including phenoxy) is 1. The van der Waals surface area contributed by atoms with Crippen molar-refractivity contribution in [1.29, 1.82) is 0 Å². The molecule has 0 amide bonds. The summed E-state index contributed by atoms with van der Waals surface area (Å²) < 4.78 is 6.27. The van der Waals surface area contributed by atoms with Gasteiger partial charge in [-0.05, 0) is 19.9 Å². The van der Waals surface area contributed by atoms with E-state index in [1.165, 1.54) is 0 Å². The smallest absolute Gasteiger partial charge is 0.141 e. The topological polar surface area (TPSA) is 29.5 Å². The van der Waals surface area contributed by atoms with Crippen LogP contribution >= 0.6 is 0 Å². The minimum Gasteiger partial charge on any atom is -0.369 e. The summed E-state index contributed by atoms with van der Waals surface area (Å²) in [5.41, 5.74) is -0.155. The molecule has 1 spiro atoms. The van der Waals surface area contributed by atoms with Gasteiger partial charge in [-0.25, -0.2) is 0 Å². The summed E-state index contributed by atoms with van der Waals surface area (Å²) >= 11 is 0. The SMILES string of the molecule is CCCC1OC2(CCN(C)C2)CC(=O)C1C. The van der Waals surface area contributed by atoms with E-state index in [1.54, 1.807) is 0 Å². The zero-order chi connectivity index (χ0) is 11.8. The molecule has 0 aromatic heterocycles. The van der Waals surface area contributed by atoms with E-state index in [9.17, 15) is 4.79 Å². The van der Waals surface area contributed by atoms with Crippen molar-refractivity contribution in [3.05, 3.63) is 0 Å². The van der Waals surface area contributed by atoms with Gasteiger partial charge in [0.25, 0.3) is 0 Å². The summed E-state index contributed by atoms with van der Waals surface area (Å²) in [7, 11) is 2.11. The van der Waals surface area contributed by atoms with Gasteiger partial charge in [0, 0.05) is 25.4 Å². The molecule has 3 heteroatoms. The monoisotopic (exact) mass is 225 g/mol. The Kier molecular flexibility index (Phi) is 3.36. The predicted molar refractivity (Wildman–Crippen MR) is 63.4 cm³/mol. The zero-order valence-electron chi connectivity index (χ0n) is 10.7. The first kappa shape index (κ1) is 12.1. The third-order valence-electron chi connectivity index (χ3n) is 4.04. The molecule has 3 atom stereocenters. The summed E-state index contributed by atoms with van der Waals surface area (Å²) in [6.07, 6.45) is 3.89. The van der Waals surface area contributed by atoms with Gasteiger partial charge in [0.2, 0.25) is 0 Å². The van der Waals surface area contributed by atoms with Crippen LogP contribution in [0.5, 0.6) is 0 Å². The van der Waals surface area contributed by atoms with Crippen molar-refractivity contribution in [2.24, 2.45) is 5.92 Å². The largest absolute Gasteiger partial charge is 0.369 e. The summed E-state index contributed by atoms with van der Waals surface area (Å²) in [6, 6.07) is 0. The molecule has 2 heterocycles. The number of Topliss-reactive ketones (excluding diaryl/α,β-unsaturated/α-hetero) is 1. The molecule has 92 valence electrons. The second-order valence-electron chi connectivity index (χ2n) is 5.55. The van der Waals surface area contributed by atoms with Crippen LogP contribution in [0.3, 0.4) is 0 Å². The van der Waals surface area contributed by atoms with Crippen molar-refractivity contribution in [1.82, 2.24) is 4.90 Å². The highest BCUT2D eigenvalue weighted by Crippen LogP contribution is 2.37. The zero-order valence-corrected chi connectivity index (χ0v) is 10.7. The molecule has 2 saturated heterocycles. The Morgan fingerprint density at radius 3 is 2.88 bits per heavy atom. The first-order valence-electron chi connectivity index (χ1n) is 6.45. The van der Waals surface area contributed by atoms with Gasteiger partial charge < -0.3 is 9.64 Å². The lowest BCUT2D eigenvalue weighted by Crippen LogP contribution is -2.50. The molecule has 0 radical (unpaired) electrons. The van der Waals surface area contributed by atoms with Crippen molar-refractivity contribution in [3.63, 3.8) is 0 Å². The van der Waals surface area contributed by atoms with Crippen molar-refractivity contribution >= 4 is 5.78 Å². The van der Waals surface area contributed by atoms with Crippen molar-refractivity contribution in [2.75, 3.05) is 20.1 Å². The number of carbonyl (C=O) groups is 1. The first-order valence-corrected chi connectivity index (χ1v) is 6.45. The molecule has 2 aliphatic heterocycles. The van der Waals surface area contributed by atoms with E-state index < -0.39 is 0 Å². The van der Waals surface area contributed by atoms with Crippen molar-refractivity contribution < 1.29 is 9.53 Å². The van der Waals surface area contributed by atoms with Gasteiger partial charge in [0.15, 0.2) is 0 Å². The second-order valence-corrected chi connectivity index (χ2v) is 5.55. The summed E-state index contributed by atoms with van der Waals surface area (Å²) in [6.45, 7) is 6.16. The van der Waals surface area contributed by atoms with Crippen molar-refractivity contribution in [3.8, 4) is 0 Å². The lowest BCUT2D eigenvalue weighted by atomic mass is 9.82. The van der Waals surface area contributed by atoms with Crippen LogP contribution in [-0.2, 0) is 9.53 Å². The number of rotatable bonds is 2. The van der Waals surface area contributed by atoms with Gasteiger partial charge in [-0.15, -0.1) is 0 Å². The van der Waals surface area contributed by atoms with Crippen LogP contribution < -0.4 is 0 Å². The molecule has 16 heavy (non-hydrogen) atoms. The quantitative estimate of drug-likeness (QED) is 0.718. The fourth-order valence-electron chi connectivity index (χ4n) is 3.03. The summed E-state index contributed by atoms with van der Waals surface area (Å²) in [4.78, 5) is 14.3. The third kappa shape index (κ3) is 2.16. The van der Waals surface area contributed by atoms with E-state index in [0.29, 0.717) is 12.2 Å². The molecular formula is C13H23NO2. The summed E-state index contributed by atoms with van der Waals surface area (Å²) in [5, 5.41) is 0. The maximum atomic E-state index is 12.0. The van der Waals surface area contributed by atoms with E-state index in [4.69, 9.17) is 4.74 Å². The molecule has 2 fully saturated rings. The lowest BCUT2D eigenvalue weighted by molar-refractivity contribution is -0.166. The average Bonchev–Trinajstić information content (AvgIpc) is 2.56. The third-order valence-corrected chi connectivity index (χ3v) is 4.04. The van der Waals surface area contributed by atoms with Gasteiger partial charge in [0.1, 0.15) is 5.78 Å². The molecule has 0 aromatic rings.